The SMILES string of the molecule is C=CCOc1ccccc1CNC(=O)C(N)CCC. The molecule has 0 radical (unpaired) electrons. The van der Waals surface area contributed by atoms with Crippen LogP contribution in [0.4, 0.5) is 0 Å². The predicted molar refractivity (Wildman–Crippen MR) is 76.9 cm³/mol. The number of carbonyl (C=O) groups is 1. The first-order chi connectivity index (χ1) is 9.19. The molecule has 1 aromatic carbocycles. The van der Waals surface area contributed by atoms with Crippen LogP contribution in [0.1, 0.15) is 25.3 Å². The van der Waals surface area contributed by atoms with Crippen LogP contribution in [0.15, 0.2) is 36.9 Å². The fourth-order valence-electron chi connectivity index (χ4n) is 1.69. The lowest BCUT2D eigenvalue weighted by atomic mass is 10.1. The second-order valence-corrected chi connectivity index (χ2v) is 4.32. The van der Waals surface area contributed by atoms with E-state index in [2.05, 4.69) is 11.9 Å². The molecule has 0 fully saturated rings. The molecule has 19 heavy (non-hydrogen) atoms. The highest BCUT2D eigenvalue weighted by atomic mass is 16.5. The number of carbonyl (C=O) groups excluding carboxylic acids is 1. The lowest BCUT2D eigenvalue weighted by molar-refractivity contribution is -0.122. The summed E-state index contributed by atoms with van der Waals surface area (Å²) in [5.41, 5.74) is 6.69. The summed E-state index contributed by atoms with van der Waals surface area (Å²) in [6.45, 7) is 6.48. The van der Waals surface area contributed by atoms with Crippen LogP contribution >= 0.6 is 0 Å². The van der Waals surface area contributed by atoms with Gasteiger partial charge in [0.1, 0.15) is 12.4 Å². The van der Waals surface area contributed by atoms with E-state index in [0.717, 1.165) is 17.7 Å². The van der Waals surface area contributed by atoms with Gasteiger partial charge in [-0.05, 0) is 12.5 Å². The Morgan fingerprint density at radius 2 is 2.26 bits per heavy atom. The lowest BCUT2D eigenvalue weighted by Crippen LogP contribution is -2.40. The Morgan fingerprint density at radius 3 is 2.95 bits per heavy atom. The number of ether oxygens (including phenoxy) is 1. The van der Waals surface area contributed by atoms with E-state index in [-0.39, 0.29) is 5.91 Å². The van der Waals surface area contributed by atoms with E-state index in [1.165, 1.54) is 0 Å². The Morgan fingerprint density at radius 1 is 1.53 bits per heavy atom. The second kappa shape index (κ2) is 8.32. The Labute approximate surface area is 114 Å². The number of amides is 1. The number of benzene rings is 1. The first kappa shape index (κ1) is 15.2. The zero-order valence-electron chi connectivity index (χ0n) is 11.4. The fourth-order valence-corrected chi connectivity index (χ4v) is 1.69. The molecule has 0 aliphatic carbocycles. The maximum Gasteiger partial charge on any atom is 0.237 e. The van der Waals surface area contributed by atoms with Gasteiger partial charge in [0, 0.05) is 12.1 Å². The highest BCUT2D eigenvalue weighted by Crippen LogP contribution is 2.17. The molecule has 1 amide bonds. The van der Waals surface area contributed by atoms with Crippen molar-refractivity contribution in [2.75, 3.05) is 6.61 Å². The van der Waals surface area contributed by atoms with Gasteiger partial charge in [0.05, 0.1) is 6.04 Å². The molecule has 0 bridgehead atoms. The maximum atomic E-state index is 11.7. The number of hydrogen-bond donors (Lipinski definition) is 2. The number of nitrogens with two attached hydrogens (primary N) is 1. The molecule has 0 heterocycles. The van der Waals surface area contributed by atoms with Crippen molar-refractivity contribution >= 4 is 5.91 Å². The van der Waals surface area contributed by atoms with Crippen molar-refractivity contribution in [3.63, 3.8) is 0 Å². The molecule has 4 nitrogen and oxygen atoms in total. The highest BCUT2D eigenvalue weighted by Gasteiger charge is 2.12. The van der Waals surface area contributed by atoms with E-state index < -0.39 is 6.04 Å². The summed E-state index contributed by atoms with van der Waals surface area (Å²) in [5.74, 6) is 0.632. The molecule has 0 aromatic heterocycles. The van der Waals surface area contributed by atoms with Gasteiger partial charge in [-0.2, -0.15) is 0 Å². The van der Waals surface area contributed by atoms with Crippen LogP contribution in [0.3, 0.4) is 0 Å². The molecular formula is C15H22N2O2. The van der Waals surface area contributed by atoms with Gasteiger partial charge in [-0.25, -0.2) is 0 Å². The zero-order chi connectivity index (χ0) is 14.1. The minimum absolute atomic E-state index is 0.125. The fraction of sp³-hybridized carbons (Fsp3) is 0.400. The van der Waals surface area contributed by atoms with Gasteiger partial charge in [0.15, 0.2) is 0 Å². The molecule has 0 aliphatic heterocycles. The van der Waals surface area contributed by atoms with E-state index in [4.69, 9.17) is 10.5 Å². The second-order valence-electron chi connectivity index (χ2n) is 4.32. The van der Waals surface area contributed by atoms with Gasteiger partial charge in [0.2, 0.25) is 5.91 Å². The average Bonchev–Trinajstić information content (AvgIpc) is 2.43. The third-order valence-corrected chi connectivity index (χ3v) is 2.72. The number of rotatable bonds is 8. The van der Waals surface area contributed by atoms with Crippen LogP contribution in [0.2, 0.25) is 0 Å². The van der Waals surface area contributed by atoms with Crippen molar-refractivity contribution < 1.29 is 9.53 Å². The smallest absolute Gasteiger partial charge is 0.237 e. The first-order valence-electron chi connectivity index (χ1n) is 6.54. The molecule has 1 rings (SSSR count). The van der Waals surface area contributed by atoms with Crippen LogP contribution in [0, 0.1) is 0 Å². The summed E-state index contributed by atoms with van der Waals surface area (Å²) in [6.07, 6.45) is 3.28. The summed E-state index contributed by atoms with van der Waals surface area (Å²) in [6, 6.07) is 7.16. The van der Waals surface area contributed by atoms with Crippen molar-refractivity contribution in [1.29, 1.82) is 0 Å². The third-order valence-electron chi connectivity index (χ3n) is 2.72. The summed E-state index contributed by atoms with van der Waals surface area (Å²) < 4.78 is 5.53. The van der Waals surface area contributed by atoms with Gasteiger partial charge < -0.3 is 15.8 Å². The first-order valence-corrected chi connectivity index (χ1v) is 6.54. The zero-order valence-corrected chi connectivity index (χ0v) is 11.4. The molecule has 104 valence electrons. The predicted octanol–water partition coefficient (Wildman–Crippen LogP) is 2.00. The largest absolute Gasteiger partial charge is 0.489 e. The molecule has 1 atom stereocenters. The molecular weight excluding hydrogens is 240 g/mol. The van der Waals surface area contributed by atoms with Crippen LogP contribution in [0.5, 0.6) is 5.75 Å². The quantitative estimate of drug-likeness (QED) is 0.704. The highest BCUT2D eigenvalue weighted by molar-refractivity contribution is 5.81. The minimum Gasteiger partial charge on any atom is -0.489 e. The molecule has 0 aliphatic rings. The molecule has 0 saturated carbocycles. The van der Waals surface area contributed by atoms with Crippen LogP contribution in [-0.4, -0.2) is 18.6 Å². The standard InChI is InChI=1S/C15H22N2O2/c1-3-7-13(16)15(18)17-11-12-8-5-6-9-14(12)19-10-4-2/h4-6,8-9,13H,2-3,7,10-11,16H2,1H3,(H,17,18). The Hall–Kier alpha value is -1.81. The van der Waals surface area contributed by atoms with Gasteiger partial charge in [0.25, 0.3) is 0 Å². The van der Waals surface area contributed by atoms with Crippen molar-refractivity contribution in [2.45, 2.75) is 32.4 Å². The Balaban J connectivity index is 2.56. The summed E-state index contributed by atoms with van der Waals surface area (Å²) in [5, 5.41) is 2.83. The van der Waals surface area contributed by atoms with Crippen LogP contribution in [-0.2, 0) is 11.3 Å². The average molecular weight is 262 g/mol. The van der Waals surface area contributed by atoms with E-state index in [9.17, 15) is 4.79 Å². The molecule has 0 saturated heterocycles. The van der Waals surface area contributed by atoms with Gasteiger partial charge in [-0.3, -0.25) is 4.79 Å². The molecule has 1 aromatic rings. The maximum absolute atomic E-state index is 11.7. The van der Waals surface area contributed by atoms with E-state index in [1.54, 1.807) is 6.08 Å². The topological polar surface area (TPSA) is 64.3 Å². The van der Waals surface area contributed by atoms with Gasteiger partial charge in [-0.1, -0.05) is 44.2 Å². The van der Waals surface area contributed by atoms with Crippen molar-refractivity contribution in [3.05, 3.63) is 42.5 Å². The van der Waals surface area contributed by atoms with E-state index in [1.807, 2.05) is 31.2 Å². The van der Waals surface area contributed by atoms with Crippen LogP contribution in [0.25, 0.3) is 0 Å². The van der Waals surface area contributed by atoms with E-state index >= 15 is 0 Å². The number of para-hydroxylation sites is 1. The third kappa shape index (κ3) is 5.14. The van der Waals surface area contributed by atoms with Gasteiger partial charge in [-0.15, -0.1) is 0 Å². The molecule has 1 unspecified atom stereocenters. The Bertz CT molecular complexity index is 418. The molecule has 0 spiro atoms. The van der Waals surface area contributed by atoms with Crippen LogP contribution < -0.4 is 15.8 Å². The van der Waals surface area contributed by atoms with E-state index in [0.29, 0.717) is 19.6 Å². The number of nitrogens with one attached hydrogen (secondary N) is 1. The molecule has 3 N–H and O–H groups in total. The summed E-state index contributed by atoms with van der Waals surface area (Å²) >= 11 is 0. The molecule has 4 heteroatoms. The monoisotopic (exact) mass is 262 g/mol. The van der Waals surface area contributed by atoms with Crippen molar-refractivity contribution in [3.8, 4) is 5.75 Å². The lowest BCUT2D eigenvalue weighted by Gasteiger charge is -2.13. The van der Waals surface area contributed by atoms with Crippen molar-refractivity contribution in [2.24, 2.45) is 5.73 Å². The minimum atomic E-state index is -0.439. The summed E-state index contributed by atoms with van der Waals surface area (Å²) in [4.78, 5) is 11.7. The van der Waals surface area contributed by atoms with Crippen molar-refractivity contribution in [1.82, 2.24) is 5.32 Å². The van der Waals surface area contributed by atoms with Gasteiger partial charge >= 0.3 is 0 Å². The Kier molecular flexibility index (Phi) is 6.68. The normalized spacial score (nSPS) is 11.7. The number of hydrogen-bond acceptors (Lipinski definition) is 3. The summed E-state index contributed by atoms with van der Waals surface area (Å²) in [7, 11) is 0.